The number of carbonyl (C=O) groups is 9. The summed E-state index contributed by atoms with van der Waals surface area (Å²) in [4.78, 5) is 116. The number of aliphatic hydroxyl groups is 3. The topological polar surface area (TPSA) is 595 Å². The second-order valence-corrected chi connectivity index (χ2v) is 8.10. The molecule has 0 aromatic carbocycles. The molecule has 0 spiro atoms. The van der Waals surface area contributed by atoms with Crippen molar-refractivity contribution in [2.24, 2.45) is 0 Å². The minimum Gasteiger partial charge on any atom is -0.481 e. The second kappa shape index (κ2) is 29.3. The van der Waals surface area contributed by atoms with Gasteiger partial charge < -0.3 is 107 Å². The first-order valence-electron chi connectivity index (χ1n) is 11.2. The number of hydrogen-bond donors (Lipinski definition) is 12. The van der Waals surface area contributed by atoms with E-state index in [1.165, 1.54) is 0 Å². The third-order valence-electron chi connectivity index (χ3n) is 3.86. The first-order valence-corrected chi connectivity index (χ1v) is 11.2. The average molecular weight is 832 g/mol. The van der Waals surface area contributed by atoms with Crippen molar-refractivity contribution in [2.45, 2.75) is 55.3 Å². The van der Waals surface area contributed by atoms with Crippen LogP contribution in [0, 0.1) is 46.0 Å². The van der Waals surface area contributed by atoms with Crippen LogP contribution in [0.5, 0.6) is 0 Å². The van der Waals surface area contributed by atoms with E-state index in [1.807, 2.05) is 0 Å². The largest absolute Gasteiger partial charge is 3.00 e. The van der Waals surface area contributed by atoms with Crippen LogP contribution in [0.2, 0.25) is 0 Å². The van der Waals surface area contributed by atoms with E-state index in [-0.39, 0.29) is 19.8 Å². The maximum absolute atomic E-state index is 10.3. The van der Waals surface area contributed by atoms with Crippen LogP contribution < -0.4 is 0 Å². The van der Waals surface area contributed by atoms with Gasteiger partial charge in [0, 0.05) is 0 Å². The van der Waals surface area contributed by atoms with Gasteiger partial charge in [-0.2, -0.15) is 0 Å². The Hall–Kier alpha value is -6.65. The molecule has 0 atom stereocenters. The maximum Gasteiger partial charge on any atom is 3.00 e. The van der Waals surface area contributed by atoms with Crippen molar-refractivity contribution in [1.29, 1.82) is 0 Å². The van der Waals surface area contributed by atoms with Crippen molar-refractivity contribution in [3.63, 3.8) is 0 Å². The van der Waals surface area contributed by atoms with Gasteiger partial charge in [0.05, 0.1) is 53.8 Å². The molecule has 33 nitrogen and oxygen atoms in total. The molecule has 0 amide bonds. The summed E-state index contributed by atoms with van der Waals surface area (Å²) in [6, 6.07) is 0. The van der Waals surface area contributed by atoms with E-state index in [2.05, 4.69) is 0 Å². The Labute approximate surface area is 294 Å². The van der Waals surface area contributed by atoms with Crippen LogP contribution in [0.15, 0.2) is 0 Å². The molecule has 0 heterocycles. The molecule has 294 valence electrons. The molecule has 0 saturated heterocycles. The zero-order valence-corrected chi connectivity index (χ0v) is 27.3. The third kappa shape index (κ3) is 45.5. The normalized spacial score (nSPS) is 9.52. The van der Waals surface area contributed by atoms with E-state index >= 15 is 0 Å². The fraction of sp³-hybridized carbons (Fsp3) is 0.500. The molecule has 0 aromatic heterocycles. The van der Waals surface area contributed by atoms with Crippen molar-refractivity contribution < 1.29 is 120 Å². The molecule has 0 unspecified atom stereocenters. The van der Waals surface area contributed by atoms with E-state index in [1.54, 1.807) is 0 Å². The van der Waals surface area contributed by atoms with Crippen LogP contribution in [0.4, 0.5) is 0 Å². The van der Waals surface area contributed by atoms with E-state index < -0.39 is 124 Å². The van der Waals surface area contributed by atoms with E-state index in [0.717, 1.165) is 0 Å². The quantitative estimate of drug-likeness (QED) is 0.0418. The minimum absolute atomic E-state index is 0. The zero-order valence-electron chi connectivity index (χ0n) is 24.9. The van der Waals surface area contributed by atoms with Gasteiger partial charge in [-0.15, -0.1) is 0 Å². The molecule has 0 aliphatic rings. The molecule has 0 radical (unpaired) electrons. The first kappa shape index (κ1) is 60.6. The Morgan fingerprint density at radius 1 is 0.346 bits per heavy atom. The van der Waals surface area contributed by atoms with Gasteiger partial charge in [0.2, 0.25) is 0 Å². The van der Waals surface area contributed by atoms with Gasteiger partial charge in [-0.3, -0.25) is 28.8 Å². The summed E-state index contributed by atoms with van der Waals surface area (Å²) < 4.78 is 0. The molecule has 0 saturated carbocycles. The SMILES string of the molecule is O=C(O)CC(O)(CC(=O)O)C(=O)O.O=C(O)CC(O)(CC(=O)O)C(=O)O.O=C(O)CC(O)(CC(=O)O)C(=O)O.O=[N+]([O-])[O-].O=[N+]([O-])[O-].O=[N+]([O-])[O-].[Ga+3]. The fourth-order valence-corrected chi connectivity index (χ4v) is 2.14. The van der Waals surface area contributed by atoms with Crippen LogP contribution in [-0.2, 0) is 43.2 Å². The van der Waals surface area contributed by atoms with Crippen molar-refractivity contribution in [3.05, 3.63) is 46.0 Å². The molecule has 52 heavy (non-hydrogen) atoms. The van der Waals surface area contributed by atoms with Crippen LogP contribution in [0.3, 0.4) is 0 Å². The third-order valence-corrected chi connectivity index (χ3v) is 3.86. The Morgan fingerprint density at radius 2 is 0.423 bits per heavy atom. The molecule has 0 fully saturated rings. The van der Waals surface area contributed by atoms with E-state index in [9.17, 15) is 43.2 Å². The summed E-state index contributed by atoms with van der Waals surface area (Å²) >= 11 is 0. The van der Waals surface area contributed by atoms with Gasteiger partial charge in [0.1, 0.15) is 0 Å². The number of hydrogen-bond acceptors (Lipinski definition) is 21. The molecule has 0 rings (SSSR count). The predicted molar refractivity (Wildman–Crippen MR) is 148 cm³/mol. The summed E-state index contributed by atoms with van der Waals surface area (Å²) in [5.74, 6) is -15.1. The Bertz CT molecular complexity index is 1070. The van der Waals surface area contributed by atoms with Gasteiger partial charge in [0.15, 0.2) is 16.8 Å². The Kier molecular flexibility index (Phi) is 34.1. The first-order chi connectivity index (χ1) is 22.5. The molecule has 0 aliphatic carbocycles. The van der Waals surface area contributed by atoms with Gasteiger partial charge in [-0.05, 0) is 0 Å². The second-order valence-electron chi connectivity index (χ2n) is 8.10. The smallest absolute Gasteiger partial charge is 0.481 e. The molecule has 12 N–H and O–H groups in total. The molecular weight excluding hydrogens is 808 g/mol. The number of nitrogens with zero attached hydrogens (tertiary/aromatic N) is 3. The van der Waals surface area contributed by atoms with Crippen molar-refractivity contribution in [1.82, 2.24) is 0 Å². The predicted octanol–water partition coefficient (Wildman–Crippen LogP) is -4.84. The number of aliphatic carboxylic acids is 9. The molecule has 0 aromatic rings. The van der Waals surface area contributed by atoms with E-state index in [0.29, 0.717) is 0 Å². The maximum atomic E-state index is 10.3. The van der Waals surface area contributed by atoms with Crippen molar-refractivity contribution >= 4 is 73.5 Å². The zero-order chi connectivity index (χ0) is 42.7. The van der Waals surface area contributed by atoms with Crippen LogP contribution >= 0.6 is 0 Å². The minimum atomic E-state index is -2.74. The fourth-order valence-electron chi connectivity index (χ4n) is 2.14. The average Bonchev–Trinajstić information content (AvgIpc) is 2.80. The van der Waals surface area contributed by atoms with Crippen molar-refractivity contribution in [2.75, 3.05) is 0 Å². The number of carboxylic acids is 9. The summed E-state index contributed by atoms with van der Waals surface area (Å²) in [5.41, 5.74) is -8.22. The summed E-state index contributed by atoms with van der Waals surface area (Å²) in [6.07, 6.45) is -6.87. The summed E-state index contributed by atoms with van der Waals surface area (Å²) in [6.45, 7) is 0. The summed E-state index contributed by atoms with van der Waals surface area (Å²) in [5, 5.41) is 146. The Balaban J connectivity index is -0.0000001000. The standard InChI is InChI=1S/3C6H8O7.Ga.3NO3/c3*7-3(8)1-6(13,5(11)12)2-4(9)10;;3*2-1(3)4/h3*13H,1-2H2,(H,7,8)(H,9,10)(H,11,12);;;;/q;;;+3;3*-1. The summed E-state index contributed by atoms with van der Waals surface area (Å²) in [7, 11) is 0. The number of rotatable bonds is 15. The monoisotopic (exact) mass is 831 g/mol. The molecule has 0 bridgehead atoms. The van der Waals surface area contributed by atoms with Crippen LogP contribution in [0.1, 0.15) is 38.5 Å². The van der Waals surface area contributed by atoms with Gasteiger partial charge in [-0.25, -0.2) is 14.4 Å². The molecule has 34 heteroatoms. The van der Waals surface area contributed by atoms with E-state index in [4.69, 9.17) is 107 Å². The van der Waals surface area contributed by atoms with Crippen LogP contribution in [-0.4, -0.2) is 167 Å². The molecule has 0 aliphatic heterocycles. The van der Waals surface area contributed by atoms with Gasteiger partial charge in [0.25, 0.3) is 0 Å². The van der Waals surface area contributed by atoms with Gasteiger partial charge >= 0.3 is 73.5 Å². The van der Waals surface area contributed by atoms with Crippen LogP contribution in [0.25, 0.3) is 0 Å². The van der Waals surface area contributed by atoms with Gasteiger partial charge in [-0.1, -0.05) is 0 Å². The number of carboxylic acid groups (broad SMARTS) is 9. The molecular formula is C18H24GaN3O30. The van der Waals surface area contributed by atoms with Crippen molar-refractivity contribution in [3.8, 4) is 0 Å². The Morgan fingerprint density at radius 3 is 0.462 bits per heavy atom.